The predicted molar refractivity (Wildman–Crippen MR) is 62.1 cm³/mol. The summed E-state index contributed by atoms with van der Waals surface area (Å²) < 4.78 is 1.04. The highest BCUT2D eigenvalue weighted by molar-refractivity contribution is 9.10. The number of hydrogen-bond acceptors (Lipinski definition) is 2. The van der Waals surface area contributed by atoms with E-state index in [-0.39, 0.29) is 5.92 Å². The summed E-state index contributed by atoms with van der Waals surface area (Å²) in [5, 5.41) is 8.89. The van der Waals surface area contributed by atoms with Gasteiger partial charge in [-0.05, 0) is 30.7 Å². The summed E-state index contributed by atoms with van der Waals surface area (Å²) in [4.78, 5) is 12.9. The molecule has 1 N–H and O–H groups in total. The molecular weight excluding hydrogens is 258 g/mol. The molecule has 1 saturated heterocycles. The van der Waals surface area contributed by atoms with Gasteiger partial charge in [0.1, 0.15) is 0 Å². The molecule has 1 fully saturated rings. The number of carbonyl (C=O) groups is 1. The van der Waals surface area contributed by atoms with Crippen molar-refractivity contribution in [1.29, 1.82) is 0 Å². The van der Waals surface area contributed by atoms with Crippen LogP contribution in [0.1, 0.15) is 6.42 Å². The molecule has 0 amide bonds. The van der Waals surface area contributed by atoms with E-state index in [1.165, 1.54) is 0 Å². The van der Waals surface area contributed by atoms with Gasteiger partial charge in [-0.15, -0.1) is 0 Å². The van der Waals surface area contributed by atoms with E-state index in [4.69, 9.17) is 5.11 Å². The highest BCUT2D eigenvalue weighted by Gasteiger charge is 2.27. The minimum absolute atomic E-state index is 0.214. The summed E-state index contributed by atoms with van der Waals surface area (Å²) in [6.07, 6.45) is 0.741. The van der Waals surface area contributed by atoms with Crippen LogP contribution in [-0.2, 0) is 4.79 Å². The Morgan fingerprint density at radius 2 is 2.07 bits per heavy atom. The smallest absolute Gasteiger partial charge is 0.308 e. The van der Waals surface area contributed by atoms with Gasteiger partial charge in [0.2, 0.25) is 0 Å². The van der Waals surface area contributed by atoms with E-state index in [9.17, 15) is 4.79 Å². The number of anilines is 1. The SMILES string of the molecule is O=C(O)C1CCN(c2ccc(Br)cc2)C1. The Morgan fingerprint density at radius 1 is 1.40 bits per heavy atom. The maximum absolute atomic E-state index is 10.8. The average molecular weight is 270 g/mol. The fraction of sp³-hybridized carbons (Fsp3) is 0.364. The Balaban J connectivity index is 2.07. The zero-order valence-electron chi connectivity index (χ0n) is 8.19. The third-order valence-corrected chi connectivity index (χ3v) is 3.26. The van der Waals surface area contributed by atoms with Crippen molar-refractivity contribution in [3.8, 4) is 0 Å². The number of nitrogens with zero attached hydrogens (tertiary/aromatic N) is 1. The molecule has 1 atom stereocenters. The Bertz CT molecular complexity index is 363. The first-order valence-electron chi connectivity index (χ1n) is 4.90. The molecule has 80 valence electrons. The fourth-order valence-corrected chi connectivity index (χ4v) is 2.11. The van der Waals surface area contributed by atoms with Gasteiger partial charge in [-0.3, -0.25) is 4.79 Å². The number of carboxylic acid groups (broad SMARTS) is 1. The van der Waals surface area contributed by atoms with E-state index in [0.717, 1.165) is 23.1 Å². The maximum atomic E-state index is 10.8. The van der Waals surface area contributed by atoms with Gasteiger partial charge in [0, 0.05) is 23.2 Å². The molecule has 0 aliphatic carbocycles. The normalized spacial score (nSPS) is 20.6. The molecule has 1 aliphatic heterocycles. The molecule has 1 aromatic rings. The van der Waals surface area contributed by atoms with Crippen LogP contribution in [0.5, 0.6) is 0 Å². The van der Waals surface area contributed by atoms with Crippen LogP contribution in [0.15, 0.2) is 28.7 Å². The summed E-state index contributed by atoms with van der Waals surface area (Å²) in [5.74, 6) is -0.900. The van der Waals surface area contributed by atoms with Gasteiger partial charge in [-0.1, -0.05) is 15.9 Å². The van der Waals surface area contributed by atoms with Gasteiger partial charge in [-0.2, -0.15) is 0 Å². The lowest BCUT2D eigenvalue weighted by Crippen LogP contribution is -2.22. The van der Waals surface area contributed by atoms with Crippen molar-refractivity contribution in [3.05, 3.63) is 28.7 Å². The molecule has 3 nitrogen and oxygen atoms in total. The molecule has 15 heavy (non-hydrogen) atoms. The minimum atomic E-state index is -0.686. The first-order valence-corrected chi connectivity index (χ1v) is 5.69. The molecule has 1 unspecified atom stereocenters. The molecule has 0 bridgehead atoms. The van der Waals surface area contributed by atoms with E-state index in [1.807, 2.05) is 24.3 Å². The minimum Gasteiger partial charge on any atom is -0.481 e. The van der Waals surface area contributed by atoms with E-state index < -0.39 is 5.97 Å². The van der Waals surface area contributed by atoms with Crippen molar-refractivity contribution in [2.75, 3.05) is 18.0 Å². The molecule has 0 aromatic heterocycles. The molecule has 0 spiro atoms. The second kappa shape index (κ2) is 4.23. The molecule has 1 aromatic carbocycles. The lowest BCUT2D eigenvalue weighted by Gasteiger charge is -2.17. The molecule has 1 heterocycles. The van der Waals surface area contributed by atoms with Crippen LogP contribution in [0, 0.1) is 5.92 Å². The second-order valence-corrected chi connectivity index (χ2v) is 4.66. The third-order valence-electron chi connectivity index (χ3n) is 2.73. The first kappa shape index (κ1) is 10.5. The Morgan fingerprint density at radius 3 is 2.60 bits per heavy atom. The van der Waals surface area contributed by atoms with Crippen molar-refractivity contribution < 1.29 is 9.90 Å². The van der Waals surface area contributed by atoms with Gasteiger partial charge in [-0.25, -0.2) is 0 Å². The third kappa shape index (κ3) is 2.31. The van der Waals surface area contributed by atoms with Crippen LogP contribution in [0.3, 0.4) is 0 Å². The van der Waals surface area contributed by atoms with Crippen LogP contribution < -0.4 is 4.90 Å². The summed E-state index contributed by atoms with van der Waals surface area (Å²) >= 11 is 3.38. The number of halogens is 1. The van der Waals surface area contributed by atoms with Crippen molar-refractivity contribution in [3.63, 3.8) is 0 Å². The molecular formula is C11H12BrNO2. The Labute approximate surface area is 96.8 Å². The second-order valence-electron chi connectivity index (χ2n) is 3.75. The summed E-state index contributed by atoms with van der Waals surface area (Å²) in [5.41, 5.74) is 1.10. The molecule has 0 radical (unpaired) electrons. The highest BCUT2D eigenvalue weighted by Crippen LogP contribution is 2.25. The van der Waals surface area contributed by atoms with Crippen molar-refractivity contribution in [2.24, 2.45) is 5.92 Å². The summed E-state index contributed by atoms with van der Waals surface area (Å²) in [7, 11) is 0. The number of aliphatic carboxylic acids is 1. The van der Waals surface area contributed by atoms with Gasteiger partial charge >= 0.3 is 5.97 Å². The van der Waals surface area contributed by atoms with Gasteiger partial charge < -0.3 is 10.0 Å². The van der Waals surface area contributed by atoms with Crippen LogP contribution in [0.2, 0.25) is 0 Å². The van der Waals surface area contributed by atoms with Crippen molar-refractivity contribution in [1.82, 2.24) is 0 Å². The van der Waals surface area contributed by atoms with Crippen LogP contribution >= 0.6 is 15.9 Å². The molecule has 2 rings (SSSR count). The summed E-state index contributed by atoms with van der Waals surface area (Å²) in [6.45, 7) is 1.45. The Kier molecular flexibility index (Phi) is 2.95. The highest BCUT2D eigenvalue weighted by atomic mass is 79.9. The number of hydrogen-bond donors (Lipinski definition) is 1. The predicted octanol–water partition coefficient (Wildman–Crippen LogP) is 2.36. The topological polar surface area (TPSA) is 40.5 Å². The quantitative estimate of drug-likeness (QED) is 0.896. The first-order chi connectivity index (χ1) is 7.16. The van der Waals surface area contributed by atoms with E-state index in [1.54, 1.807) is 0 Å². The average Bonchev–Trinajstić information content (AvgIpc) is 2.68. The zero-order chi connectivity index (χ0) is 10.8. The van der Waals surface area contributed by atoms with Crippen LogP contribution in [0.4, 0.5) is 5.69 Å². The summed E-state index contributed by atoms with van der Waals surface area (Å²) in [6, 6.07) is 7.97. The van der Waals surface area contributed by atoms with Crippen molar-refractivity contribution >= 4 is 27.6 Å². The largest absolute Gasteiger partial charge is 0.481 e. The van der Waals surface area contributed by atoms with Gasteiger partial charge in [0.25, 0.3) is 0 Å². The Hall–Kier alpha value is -1.03. The number of benzene rings is 1. The van der Waals surface area contributed by atoms with Gasteiger partial charge in [0.15, 0.2) is 0 Å². The lowest BCUT2D eigenvalue weighted by atomic mass is 10.1. The van der Waals surface area contributed by atoms with Crippen LogP contribution in [-0.4, -0.2) is 24.2 Å². The van der Waals surface area contributed by atoms with E-state index in [0.29, 0.717) is 6.54 Å². The molecule has 4 heteroatoms. The number of carboxylic acids is 1. The zero-order valence-corrected chi connectivity index (χ0v) is 9.77. The van der Waals surface area contributed by atoms with E-state index >= 15 is 0 Å². The number of rotatable bonds is 2. The molecule has 1 aliphatic rings. The van der Waals surface area contributed by atoms with Gasteiger partial charge in [0.05, 0.1) is 5.92 Å². The molecule has 0 saturated carbocycles. The van der Waals surface area contributed by atoms with E-state index in [2.05, 4.69) is 20.8 Å². The maximum Gasteiger partial charge on any atom is 0.308 e. The lowest BCUT2D eigenvalue weighted by molar-refractivity contribution is -0.140. The fourth-order valence-electron chi connectivity index (χ4n) is 1.85. The van der Waals surface area contributed by atoms with Crippen LogP contribution in [0.25, 0.3) is 0 Å². The monoisotopic (exact) mass is 269 g/mol. The standard InChI is InChI=1S/C11H12BrNO2/c12-9-1-3-10(4-2-9)13-6-5-8(7-13)11(14)15/h1-4,8H,5-7H2,(H,14,15). The van der Waals surface area contributed by atoms with Crippen molar-refractivity contribution in [2.45, 2.75) is 6.42 Å².